The van der Waals surface area contributed by atoms with Crippen LogP contribution in [0.2, 0.25) is 5.02 Å². The number of nitrogens with one attached hydrogen (secondary N) is 1. The minimum absolute atomic E-state index is 0.0208. The van der Waals surface area contributed by atoms with Gasteiger partial charge in [-0.1, -0.05) is 96.0 Å². The summed E-state index contributed by atoms with van der Waals surface area (Å²) in [7, 11) is 0. The number of hydrogen-bond acceptors (Lipinski definition) is 7. The number of anilines is 1. The van der Waals surface area contributed by atoms with E-state index in [-0.39, 0.29) is 42.6 Å². The van der Waals surface area contributed by atoms with E-state index in [1.54, 1.807) is 48.6 Å². The van der Waals surface area contributed by atoms with E-state index in [4.69, 9.17) is 21.1 Å². The normalized spacial score (nSPS) is 26.6. The topological polar surface area (TPSA) is 125 Å². The molecule has 2 bridgehead atoms. The second kappa shape index (κ2) is 15.6. The van der Waals surface area contributed by atoms with Gasteiger partial charge in [0.25, 0.3) is 5.91 Å². The van der Waals surface area contributed by atoms with Crippen LogP contribution in [0.5, 0.6) is 0 Å². The highest BCUT2D eigenvalue weighted by Gasteiger charge is 2.77. The monoisotopic (exact) mass is 755 g/mol. The molecule has 8 atom stereocenters. The number of fused-ring (bicyclic) bond motifs is 1. The number of benzene rings is 2. The van der Waals surface area contributed by atoms with Crippen LogP contribution in [-0.4, -0.2) is 82.0 Å². The number of alkyl halides is 1. The van der Waals surface area contributed by atoms with Crippen LogP contribution in [0.3, 0.4) is 0 Å². The largest absolute Gasteiger partial charge is 0.455 e. The molecule has 2 aromatic rings. The Hall–Kier alpha value is -3.51. The van der Waals surface area contributed by atoms with Gasteiger partial charge in [-0.25, -0.2) is 0 Å². The van der Waals surface area contributed by atoms with Crippen LogP contribution in [0.15, 0.2) is 79.9 Å². The smallest absolute Gasteiger partial charge is 0.313 e. The number of carbonyl (C=O) groups is 4. The molecular formula is C37H43BrClN3O7. The number of carbonyl (C=O) groups excluding carboxylic acids is 4. The number of allylic oxidation sites excluding steroid dienone is 1. The number of para-hydroxylation sites is 1. The molecule has 2 aromatic carbocycles. The maximum atomic E-state index is 14.9. The lowest BCUT2D eigenvalue weighted by Gasteiger charge is -2.40. The Bertz CT molecular complexity index is 1570. The average Bonchev–Trinajstić information content (AvgIpc) is 3.68. The summed E-state index contributed by atoms with van der Waals surface area (Å²) in [5.41, 5.74) is -0.298. The number of ether oxygens (including phenoxy) is 2. The zero-order chi connectivity index (χ0) is 35.5. The molecule has 3 fully saturated rings. The summed E-state index contributed by atoms with van der Waals surface area (Å²) in [5.74, 6) is -4.15. The van der Waals surface area contributed by atoms with Crippen molar-refractivity contribution in [3.8, 4) is 0 Å². The highest BCUT2D eigenvalue weighted by Crippen LogP contribution is 2.61. The van der Waals surface area contributed by atoms with Gasteiger partial charge in [0.2, 0.25) is 11.8 Å². The first-order chi connectivity index (χ1) is 23.5. The van der Waals surface area contributed by atoms with E-state index < -0.39 is 66.1 Å². The van der Waals surface area contributed by atoms with Crippen molar-refractivity contribution in [3.05, 3.63) is 90.5 Å². The number of aliphatic hydroxyl groups excluding tert-OH is 1. The third-order valence-electron chi connectivity index (χ3n) is 9.76. The van der Waals surface area contributed by atoms with Gasteiger partial charge in [-0.15, -0.1) is 13.2 Å². The molecule has 3 saturated heterocycles. The fraction of sp³-hybridized carbons (Fsp3) is 0.459. The van der Waals surface area contributed by atoms with E-state index in [1.807, 2.05) is 32.0 Å². The first-order valence-corrected chi connectivity index (χ1v) is 17.8. The van der Waals surface area contributed by atoms with Gasteiger partial charge in [0.1, 0.15) is 17.7 Å². The van der Waals surface area contributed by atoms with Crippen LogP contribution in [0.25, 0.3) is 0 Å². The van der Waals surface area contributed by atoms with Crippen molar-refractivity contribution < 1.29 is 33.8 Å². The Morgan fingerprint density at radius 1 is 1.16 bits per heavy atom. The highest BCUT2D eigenvalue weighted by molar-refractivity contribution is 9.09. The standard InChI is InChI=1S/C37H43BrClN3O7/c1-5-7-17-29(44)40-20-28(23-13-9-8-10-14-23)48-36(47)30-31-34(45)42(27(21-43)22(3)4)33(37(31)19-24(38)32(30)49-37)35(46)41(18-6-2)26-16-12-11-15-25(26)39/h5-6,8-16,22,24,27-28,30-33,43H,1-2,7,17-21H2,3-4H3,(H,40,44)/t24?,27-,28+,30-,31+,32-,33-,37+/m0/s1. The van der Waals surface area contributed by atoms with Gasteiger partial charge in [-0.05, 0) is 36.5 Å². The lowest BCUT2D eigenvalue weighted by Crippen LogP contribution is -2.60. The molecule has 49 heavy (non-hydrogen) atoms. The molecular weight excluding hydrogens is 714 g/mol. The summed E-state index contributed by atoms with van der Waals surface area (Å²) >= 11 is 10.3. The first kappa shape index (κ1) is 36.8. The Balaban J connectivity index is 1.53. The summed E-state index contributed by atoms with van der Waals surface area (Å²) in [6, 6.07) is 14.0. The molecule has 3 heterocycles. The zero-order valence-electron chi connectivity index (χ0n) is 27.7. The molecule has 10 nitrogen and oxygen atoms in total. The van der Waals surface area contributed by atoms with Crippen molar-refractivity contribution in [2.24, 2.45) is 17.8 Å². The molecule has 2 N–H and O–H groups in total. The Morgan fingerprint density at radius 2 is 1.86 bits per heavy atom. The van der Waals surface area contributed by atoms with Gasteiger partial charge in [0.05, 0.1) is 47.8 Å². The number of rotatable bonds is 15. The van der Waals surface area contributed by atoms with Crippen molar-refractivity contribution in [1.82, 2.24) is 10.2 Å². The highest BCUT2D eigenvalue weighted by atomic mass is 79.9. The van der Waals surface area contributed by atoms with E-state index in [2.05, 4.69) is 34.4 Å². The first-order valence-electron chi connectivity index (χ1n) is 16.5. The fourth-order valence-corrected chi connectivity index (χ4v) is 8.67. The van der Waals surface area contributed by atoms with Gasteiger partial charge in [-0.2, -0.15) is 0 Å². The number of nitrogens with zero attached hydrogens (tertiary/aromatic N) is 2. The fourth-order valence-electron chi connectivity index (χ4n) is 7.49. The Labute approximate surface area is 300 Å². The molecule has 3 aliphatic heterocycles. The van der Waals surface area contributed by atoms with E-state index >= 15 is 0 Å². The third kappa shape index (κ3) is 6.95. The van der Waals surface area contributed by atoms with Gasteiger partial charge in [0.15, 0.2) is 0 Å². The van der Waals surface area contributed by atoms with Crippen molar-refractivity contribution in [1.29, 1.82) is 0 Å². The predicted molar refractivity (Wildman–Crippen MR) is 190 cm³/mol. The van der Waals surface area contributed by atoms with Crippen LogP contribution in [0.4, 0.5) is 5.69 Å². The van der Waals surface area contributed by atoms with Gasteiger partial charge in [-0.3, -0.25) is 19.2 Å². The van der Waals surface area contributed by atoms with Gasteiger partial charge in [0, 0.05) is 17.8 Å². The third-order valence-corrected chi connectivity index (χ3v) is 10.9. The molecule has 5 rings (SSSR count). The molecule has 3 amide bonds. The number of halogens is 2. The molecule has 12 heteroatoms. The van der Waals surface area contributed by atoms with Crippen LogP contribution < -0.4 is 10.2 Å². The van der Waals surface area contributed by atoms with Gasteiger partial charge >= 0.3 is 5.97 Å². The average molecular weight is 757 g/mol. The SMILES string of the molecule is C=CCCC(=O)NC[C@@H](OC(=O)[C@@H]1[C@H]2O[C@@]3(CC2Br)[C@H](C(=O)N(CC=C)c2ccccc2Cl)N([C@@H](CO)C(C)C)C(=O)[C@@H]13)c1ccccc1. The number of amides is 3. The summed E-state index contributed by atoms with van der Waals surface area (Å²) < 4.78 is 12.8. The van der Waals surface area contributed by atoms with Crippen LogP contribution in [0, 0.1) is 17.8 Å². The maximum absolute atomic E-state index is 14.9. The second-order valence-electron chi connectivity index (χ2n) is 13.1. The molecule has 262 valence electrons. The molecule has 0 aromatic heterocycles. The summed E-state index contributed by atoms with van der Waals surface area (Å²) in [6.45, 7) is 10.9. The minimum atomic E-state index is -1.40. The summed E-state index contributed by atoms with van der Waals surface area (Å²) in [6.07, 6.45) is 2.63. The van der Waals surface area contributed by atoms with Crippen LogP contribution >= 0.6 is 27.5 Å². The number of hydrogen-bond donors (Lipinski definition) is 2. The van der Waals surface area contributed by atoms with E-state index in [1.165, 1.54) is 9.80 Å². The molecule has 1 unspecified atom stereocenters. The second-order valence-corrected chi connectivity index (χ2v) is 14.6. The lowest BCUT2D eigenvalue weighted by molar-refractivity contribution is -0.161. The van der Waals surface area contributed by atoms with Crippen LogP contribution in [-0.2, 0) is 28.7 Å². The summed E-state index contributed by atoms with van der Waals surface area (Å²) in [4.78, 5) is 58.9. The quantitative estimate of drug-likeness (QED) is 0.149. The number of aliphatic hydroxyl groups is 1. The van der Waals surface area contributed by atoms with Crippen LogP contribution in [0.1, 0.15) is 44.8 Å². The molecule has 1 spiro atoms. The zero-order valence-corrected chi connectivity index (χ0v) is 30.0. The van der Waals surface area contributed by atoms with Gasteiger partial charge < -0.3 is 29.7 Å². The molecule has 3 aliphatic rings. The number of likely N-dealkylation sites (tertiary alicyclic amines) is 1. The van der Waals surface area contributed by atoms with E-state index in [0.29, 0.717) is 22.7 Å². The lowest BCUT2D eigenvalue weighted by atomic mass is 9.70. The molecule has 0 aliphatic carbocycles. The molecule has 0 radical (unpaired) electrons. The number of esters is 1. The van der Waals surface area contributed by atoms with Crippen molar-refractivity contribution in [2.45, 2.75) is 67.8 Å². The Kier molecular flexibility index (Phi) is 11.7. The predicted octanol–water partition coefficient (Wildman–Crippen LogP) is 4.99. The van der Waals surface area contributed by atoms with Crippen molar-refractivity contribution in [3.63, 3.8) is 0 Å². The summed E-state index contributed by atoms with van der Waals surface area (Å²) in [5, 5.41) is 13.8. The Morgan fingerprint density at radius 3 is 2.49 bits per heavy atom. The van der Waals surface area contributed by atoms with Crippen molar-refractivity contribution >= 4 is 56.9 Å². The minimum Gasteiger partial charge on any atom is -0.455 e. The maximum Gasteiger partial charge on any atom is 0.313 e. The van der Waals surface area contributed by atoms with Crippen molar-refractivity contribution in [2.75, 3.05) is 24.6 Å². The van der Waals surface area contributed by atoms with E-state index in [9.17, 15) is 24.3 Å². The van der Waals surface area contributed by atoms with E-state index in [0.717, 1.165) is 0 Å². The molecule has 0 saturated carbocycles.